The normalized spacial score (nSPS) is 21.3. The molecule has 0 spiro atoms. The van der Waals surface area contributed by atoms with Gasteiger partial charge in [-0.05, 0) is 25.8 Å². The van der Waals surface area contributed by atoms with Gasteiger partial charge < -0.3 is 5.32 Å². The van der Waals surface area contributed by atoms with Gasteiger partial charge >= 0.3 is 12.4 Å². The fourth-order valence-electron chi connectivity index (χ4n) is 2.76. The molecule has 0 aromatic carbocycles. The Morgan fingerprint density at radius 2 is 1.33 bits per heavy atom. The van der Waals surface area contributed by atoms with Gasteiger partial charge in [-0.25, -0.2) is 0 Å². The van der Waals surface area contributed by atoms with Crippen LogP contribution in [0.4, 0.5) is 26.3 Å². The first kappa shape index (κ1) is 15.6. The van der Waals surface area contributed by atoms with Crippen LogP contribution in [0, 0.1) is 11.8 Å². The van der Waals surface area contributed by atoms with Crippen LogP contribution in [0.25, 0.3) is 0 Å². The monoisotopic (exact) mass is 277 g/mol. The smallest absolute Gasteiger partial charge is 0.316 e. The lowest BCUT2D eigenvalue weighted by molar-refractivity contribution is -0.295. The van der Waals surface area contributed by atoms with E-state index in [1.54, 1.807) is 0 Å². The van der Waals surface area contributed by atoms with Crippen LogP contribution < -0.4 is 5.32 Å². The summed E-state index contributed by atoms with van der Waals surface area (Å²) >= 11 is 0. The molecule has 0 bridgehead atoms. The van der Waals surface area contributed by atoms with Gasteiger partial charge in [0, 0.05) is 6.04 Å². The fraction of sp³-hybridized carbons (Fsp3) is 1.00. The van der Waals surface area contributed by atoms with Crippen molar-refractivity contribution in [3.63, 3.8) is 0 Å². The summed E-state index contributed by atoms with van der Waals surface area (Å²) in [7, 11) is 1.17. The van der Waals surface area contributed by atoms with E-state index < -0.39 is 30.2 Å². The Labute approximate surface area is 102 Å². The highest BCUT2D eigenvalue weighted by Gasteiger charge is 2.61. The van der Waals surface area contributed by atoms with Crippen LogP contribution in [0.5, 0.6) is 0 Å². The molecule has 0 aliphatic heterocycles. The molecule has 7 heteroatoms. The summed E-state index contributed by atoms with van der Waals surface area (Å²) in [6.45, 7) is 0. The Bertz CT molecular complexity index is 239. The van der Waals surface area contributed by atoms with Gasteiger partial charge in [-0.1, -0.05) is 19.3 Å². The molecule has 1 rings (SSSR count). The molecule has 1 saturated carbocycles. The maximum Gasteiger partial charge on any atom is 0.402 e. The predicted octanol–water partition coefficient (Wildman–Crippen LogP) is 3.90. The predicted molar refractivity (Wildman–Crippen MR) is 55.0 cm³/mol. The van der Waals surface area contributed by atoms with Crippen LogP contribution in [-0.4, -0.2) is 25.4 Å². The van der Waals surface area contributed by atoms with Gasteiger partial charge in [0.15, 0.2) is 5.92 Å². The van der Waals surface area contributed by atoms with Crippen molar-refractivity contribution in [2.75, 3.05) is 7.05 Å². The third kappa shape index (κ3) is 3.76. The SMILES string of the molecule is CNC(C1CCCCC1)C(C(F)(F)F)C(F)(F)F. The minimum Gasteiger partial charge on any atom is -0.316 e. The van der Waals surface area contributed by atoms with Crippen molar-refractivity contribution in [2.24, 2.45) is 11.8 Å². The highest BCUT2D eigenvalue weighted by Crippen LogP contribution is 2.45. The minimum atomic E-state index is -5.26. The zero-order chi connectivity index (χ0) is 14.0. The molecule has 0 radical (unpaired) electrons. The first-order chi connectivity index (χ1) is 8.18. The van der Waals surface area contributed by atoms with E-state index in [2.05, 4.69) is 5.32 Å². The average molecular weight is 277 g/mol. The van der Waals surface area contributed by atoms with E-state index in [1.807, 2.05) is 0 Å². The maximum atomic E-state index is 12.6. The summed E-state index contributed by atoms with van der Waals surface area (Å²) in [4.78, 5) is 0. The number of nitrogens with one attached hydrogen (secondary N) is 1. The van der Waals surface area contributed by atoms with E-state index in [1.165, 1.54) is 7.05 Å². The number of alkyl halides is 6. The molecule has 1 aliphatic carbocycles. The van der Waals surface area contributed by atoms with Crippen molar-refractivity contribution in [1.29, 1.82) is 0 Å². The number of hydrogen-bond acceptors (Lipinski definition) is 1. The van der Waals surface area contributed by atoms with Crippen molar-refractivity contribution in [3.05, 3.63) is 0 Å². The van der Waals surface area contributed by atoms with Crippen molar-refractivity contribution >= 4 is 0 Å². The number of hydrogen-bond donors (Lipinski definition) is 1. The summed E-state index contributed by atoms with van der Waals surface area (Å²) in [6, 6.07) is -1.58. The average Bonchev–Trinajstić information content (AvgIpc) is 2.23. The Balaban J connectivity index is 2.93. The van der Waals surface area contributed by atoms with Crippen LogP contribution in [-0.2, 0) is 0 Å². The third-order valence-electron chi connectivity index (χ3n) is 3.56. The molecule has 0 saturated heterocycles. The van der Waals surface area contributed by atoms with Crippen molar-refractivity contribution in [1.82, 2.24) is 5.32 Å². The highest BCUT2D eigenvalue weighted by molar-refractivity contribution is 4.91. The van der Waals surface area contributed by atoms with Crippen molar-refractivity contribution in [2.45, 2.75) is 50.5 Å². The van der Waals surface area contributed by atoms with E-state index in [9.17, 15) is 26.3 Å². The van der Waals surface area contributed by atoms with E-state index >= 15 is 0 Å². The fourth-order valence-corrected chi connectivity index (χ4v) is 2.76. The van der Waals surface area contributed by atoms with Crippen LogP contribution in [0.1, 0.15) is 32.1 Å². The molecular formula is C11H17F6N. The van der Waals surface area contributed by atoms with E-state index in [-0.39, 0.29) is 0 Å². The molecule has 108 valence electrons. The lowest BCUT2D eigenvalue weighted by atomic mass is 9.78. The second-order valence-corrected chi connectivity index (χ2v) is 4.77. The number of rotatable bonds is 3. The van der Waals surface area contributed by atoms with Gasteiger partial charge in [0.05, 0.1) is 0 Å². The quantitative estimate of drug-likeness (QED) is 0.772. The first-order valence-corrected chi connectivity index (χ1v) is 5.98. The molecule has 1 fully saturated rings. The van der Waals surface area contributed by atoms with E-state index in [0.29, 0.717) is 25.7 Å². The van der Waals surface area contributed by atoms with Gasteiger partial charge in [0.25, 0.3) is 0 Å². The molecule has 0 heterocycles. The summed E-state index contributed by atoms with van der Waals surface area (Å²) in [5, 5.41) is 2.24. The second-order valence-electron chi connectivity index (χ2n) is 4.77. The molecular weight excluding hydrogens is 260 g/mol. The second kappa shape index (κ2) is 5.67. The Morgan fingerprint density at radius 3 is 1.67 bits per heavy atom. The van der Waals surface area contributed by atoms with Crippen LogP contribution >= 0.6 is 0 Å². The zero-order valence-electron chi connectivity index (χ0n) is 10.0. The van der Waals surface area contributed by atoms with Gasteiger partial charge in [-0.3, -0.25) is 0 Å². The topological polar surface area (TPSA) is 12.0 Å². The largest absolute Gasteiger partial charge is 0.402 e. The Morgan fingerprint density at radius 1 is 0.889 bits per heavy atom. The lowest BCUT2D eigenvalue weighted by Crippen LogP contribution is -2.53. The summed E-state index contributed by atoms with van der Waals surface area (Å²) in [5.41, 5.74) is 0. The Hall–Kier alpha value is -0.460. The standard InChI is InChI=1S/C11H17F6N/c1-18-8(7-5-3-2-4-6-7)9(10(12,13)14)11(15,16)17/h7-9,18H,2-6H2,1H3. The van der Waals surface area contributed by atoms with E-state index in [0.717, 1.165) is 6.42 Å². The molecule has 1 nitrogen and oxygen atoms in total. The Kier molecular flexibility index (Phi) is 4.91. The van der Waals surface area contributed by atoms with Crippen molar-refractivity contribution < 1.29 is 26.3 Å². The van der Waals surface area contributed by atoms with Crippen LogP contribution in [0.3, 0.4) is 0 Å². The summed E-state index contributed by atoms with van der Waals surface area (Å²) < 4.78 is 75.9. The molecule has 1 atom stereocenters. The molecule has 0 aromatic rings. The summed E-state index contributed by atoms with van der Waals surface area (Å²) in [5.74, 6) is -3.84. The first-order valence-electron chi connectivity index (χ1n) is 5.98. The van der Waals surface area contributed by atoms with Gasteiger partial charge in [0.1, 0.15) is 0 Å². The van der Waals surface area contributed by atoms with Gasteiger partial charge in [-0.2, -0.15) is 26.3 Å². The third-order valence-corrected chi connectivity index (χ3v) is 3.56. The van der Waals surface area contributed by atoms with Gasteiger partial charge in [-0.15, -0.1) is 0 Å². The minimum absolute atomic E-state index is 0.425. The van der Waals surface area contributed by atoms with Crippen LogP contribution in [0.2, 0.25) is 0 Å². The molecule has 1 N–H and O–H groups in total. The molecule has 1 aliphatic rings. The summed E-state index contributed by atoms with van der Waals surface area (Å²) in [6.07, 6.45) is -7.39. The zero-order valence-corrected chi connectivity index (χ0v) is 10.0. The molecule has 18 heavy (non-hydrogen) atoms. The molecule has 1 unspecified atom stereocenters. The molecule has 0 amide bonds. The van der Waals surface area contributed by atoms with Gasteiger partial charge in [0.2, 0.25) is 0 Å². The van der Waals surface area contributed by atoms with E-state index in [4.69, 9.17) is 0 Å². The lowest BCUT2D eigenvalue weighted by Gasteiger charge is -2.37. The maximum absolute atomic E-state index is 12.6. The van der Waals surface area contributed by atoms with Crippen molar-refractivity contribution in [3.8, 4) is 0 Å². The van der Waals surface area contributed by atoms with Crippen LogP contribution in [0.15, 0.2) is 0 Å². The number of halogens is 6. The highest BCUT2D eigenvalue weighted by atomic mass is 19.4. The molecule has 0 aromatic heterocycles.